The van der Waals surface area contributed by atoms with Gasteiger partial charge in [0.2, 0.25) is 5.78 Å². The van der Waals surface area contributed by atoms with Gasteiger partial charge in [0.1, 0.15) is 17.1 Å². The molecule has 0 unspecified atom stereocenters. The summed E-state index contributed by atoms with van der Waals surface area (Å²) < 4.78 is 0. The summed E-state index contributed by atoms with van der Waals surface area (Å²) in [5.74, 6) is -6.50. The number of hydrogen-bond donors (Lipinski definition) is 5. The Hall–Kier alpha value is -2.07. The Bertz CT molecular complexity index is 1170. The number of carbonyl (C=O) groups excluding carboxylic acids is 3. The van der Waals surface area contributed by atoms with E-state index in [4.69, 9.17) is 5.73 Å². The number of benzene rings is 1. The number of fused-ring (bicyclic) bond motifs is 3. The first-order chi connectivity index (χ1) is 14.8. The van der Waals surface area contributed by atoms with Crippen molar-refractivity contribution in [2.45, 2.75) is 38.3 Å². The van der Waals surface area contributed by atoms with Gasteiger partial charge in [0.25, 0.3) is 5.91 Å². The van der Waals surface area contributed by atoms with E-state index >= 15 is 0 Å². The predicted molar refractivity (Wildman–Crippen MR) is 113 cm³/mol. The molecule has 4 rings (SSSR count). The fourth-order valence-corrected chi connectivity index (χ4v) is 5.58. The number of aryl methyl sites for hydroxylation is 2. The van der Waals surface area contributed by atoms with Crippen LogP contribution < -0.4 is 5.73 Å². The van der Waals surface area contributed by atoms with Crippen molar-refractivity contribution >= 4 is 23.2 Å². The molecule has 3 aliphatic carbocycles. The molecule has 1 fully saturated rings. The molecule has 1 aromatic carbocycles. The number of nitrogens with two attached hydrogens (primary N) is 1. The number of Topliss-reactive ketones (excluding diaryl/α,β-unsaturated/α-hetero) is 2. The van der Waals surface area contributed by atoms with Gasteiger partial charge < -0.3 is 26.2 Å². The summed E-state index contributed by atoms with van der Waals surface area (Å²) in [6.45, 7) is 3.39. The molecule has 0 heterocycles. The van der Waals surface area contributed by atoms with Crippen molar-refractivity contribution < 1.29 is 67.5 Å². The number of rotatable bonds is 2. The predicted octanol–water partition coefficient (Wildman–Crippen LogP) is 0.379. The van der Waals surface area contributed by atoms with Gasteiger partial charge in [-0.05, 0) is 32.0 Å². The van der Waals surface area contributed by atoms with E-state index in [9.17, 15) is 34.8 Å². The van der Waals surface area contributed by atoms with Crippen LogP contribution in [0.4, 0.5) is 0 Å². The summed E-state index contributed by atoms with van der Waals surface area (Å²) in [5.41, 5.74) is 3.51. The smallest absolute Gasteiger partial charge is 0.255 e. The summed E-state index contributed by atoms with van der Waals surface area (Å²) in [6.07, 6.45) is 0.338. The van der Waals surface area contributed by atoms with Crippen LogP contribution in [0.15, 0.2) is 16.9 Å². The maximum Gasteiger partial charge on any atom is 0.255 e. The monoisotopic (exact) mass is 530 g/mol. The van der Waals surface area contributed by atoms with E-state index < -0.39 is 58.0 Å². The molecule has 0 saturated heterocycles. The van der Waals surface area contributed by atoms with Gasteiger partial charge in [-0.2, -0.15) is 11.6 Å². The number of amides is 1. The van der Waals surface area contributed by atoms with Gasteiger partial charge >= 0.3 is 0 Å². The maximum atomic E-state index is 13.6. The van der Waals surface area contributed by atoms with Crippen LogP contribution in [0.25, 0.3) is 5.76 Å². The summed E-state index contributed by atoms with van der Waals surface area (Å²) >= 11 is 0. The van der Waals surface area contributed by atoms with Crippen molar-refractivity contribution in [3.63, 3.8) is 0 Å². The average Bonchev–Trinajstić information content (AvgIpc) is 2.68. The van der Waals surface area contributed by atoms with E-state index in [1.165, 1.54) is 4.90 Å². The van der Waals surface area contributed by atoms with Gasteiger partial charge in [0.15, 0.2) is 11.4 Å². The maximum absolute atomic E-state index is 13.6. The Kier molecular flexibility index (Phi) is 6.43. The summed E-state index contributed by atoms with van der Waals surface area (Å²) in [5, 5.41) is 43.9. The molecule has 1 radical (unpaired) electrons. The Morgan fingerprint density at radius 3 is 2.30 bits per heavy atom. The van der Waals surface area contributed by atoms with Crippen LogP contribution in [0.2, 0.25) is 0 Å². The number of phenolic OH excluding ortho intramolecular Hbond substituents is 1. The van der Waals surface area contributed by atoms with Crippen LogP contribution in [0, 0.1) is 31.7 Å². The first-order valence-electron chi connectivity index (χ1n) is 10.2. The van der Waals surface area contributed by atoms with E-state index in [2.05, 4.69) is 6.07 Å². The minimum atomic E-state index is -2.62. The molecular formula is C23H25N2O7Y-. The fraction of sp³-hybridized carbons (Fsp3) is 0.435. The first-order valence-corrected chi connectivity index (χ1v) is 10.2. The van der Waals surface area contributed by atoms with E-state index in [0.29, 0.717) is 16.7 Å². The number of likely N-dealkylation sites (N-methyl/N-ethyl adjacent to an activating group) is 1. The van der Waals surface area contributed by atoms with Crippen molar-refractivity contribution in [1.29, 1.82) is 0 Å². The van der Waals surface area contributed by atoms with E-state index in [-0.39, 0.29) is 62.4 Å². The largest absolute Gasteiger partial charge is 0.565 e. The zero-order valence-corrected chi connectivity index (χ0v) is 21.6. The fourth-order valence-electron chi connectivity index (χ4n) is 5.58. The number of aliphatic hydroxyl groups is 3. The Morgan fingerprint density at radius 1 is 1.15 bits per heavy atom. The second kappa shape index (κ2) is 8.30. The van der Waals surface area contributed by atoms with Crippen LogP contribution in [0.5, 0.6) is 5.75 Å². The van der Waals surface area contributed by atoms with Gasteiger partial charge in [-0.15, -0.1) is 11.1 Å². The molecule has 33 heavy (non-hydrogen) atoms. The van der Waals surface area contributed by atoms with Crippen LogP contribution in [-0.4, -0.2) is 68.5 Å². The van der Waals surface area contributed by atoms with Crippen molar-refractivity contribution in [1.82, 2.24) is 4.90 Å². The van der Waals surface area contributed by atoms with Gasteiger partial charge in [0.05, 0.1) is 6.04 Å². The number of carbonyl (C=O) groups is 3. The van der Waals surface area contributed by atoms with Crippen molar-refractivity contribution in [2.24, 2.45) is 17.6 Å². The summed E-state index contributed by atoms with van der Waals surface area (Å²) in [6, 6.07) is 1.95. The number of hydrogen-bond acceptors (Lipinski definition) is 8. The number of nitrogens with zero attached hydrogens (tertiary/aromatic N) is 1. The summed E-state index contributed by atoms with van der Waals surface area (Å²) in [4.78, 5) is 40.1. The van der Waals surface area contributed by atoms with Crippen molar-refractivity contribution in [2.75, 3.05) is 14.1 Å². The van der Waals surface area contributed by atoms with Crippen molar-refractivity contribution in [3.05, 3.63) is 45.2 Å². The SMILES string of the molecule is Cc1[c-]c(C)c2c(c1O)C(O)=C1C(=O)[C@]3(O)C(O)=C(C(N)=O)C(=O)[C@@H](N(C)C)[C@@H]3C[C@@H]1C2.[Y]. The standard InChI is InChI=1S/C23H25N2O7.Y/c1-8-5-9(2)17(26)14-11(8)6-10-7-12-16(25(3)4)19(28)15(22(24)31)21(30)23(12,32)20(29)13(10)18(14)27;/h10,12,16,26-27,30,32H,6-7H2,1-4H3,(H2,24,31);/q-1;/t10-,12-,16-,23-;/m0./s1. The summed E-state index contributed by atoms with van der Waals surface area (Å²) in [7, 11) is 3.13. The number of phenols is 1. The van der Waals surface area contributed by atoms with E-state index in [1.54, 1.807) is 27.9 Å². The number of aromatic hydroxyl groups is 1. The van der Waals surface area contributed by atoms with Gasteiger partial charge in [-0.1, -0.05) is 20.3 Å². The van der Waals surface area contributed by atoms with Gasteiger partial charge in [-0.3, -0.25) is 19.3 Å². The average molecular weight is 530 g/mol. The molecule has 0 bridgehead atoms. The first kappa shape index (κ1) is 25.6. The van der Waals surface area contributed by atoms with Crippen LogP contribution >= 0.6 is 0 Å². The number of ketones is 2. The van der Waals surface area contributed by atoms with Gasteiger partial charge in [-0.25, -0.2) is 0 Å². The Balaban J connectivity index is 0.00000306. The molecule has 6 N–H and O–H groups in total. The molecule has 4 atom stereocenters. The molecule has 0 aliphatic heterocycles. The Labute approximate surface area is 215 Å². The normalized spacial score (nSPS) is 28.8. The molecular weight excluding hydrogens is 505 g/mol. The quantitative estimate of drug-likeness (QED) is 0.271. The molecule has 3 aliphatic rings. The van der Waals surface area contributed by atoms with Crippen LogP contribution in [0.1, 0.15) is 28.7 Å². The third kappa shape index (κ3) is 3.32. The zero-order chi connectivity index (χ0) is 23.9. The third-order valence-electron chi connectivity index (χ3n) is 7.03. The molecule has 1 amide bonds. The molecule has 1 aromatic rings. The molecule has 10 heteroatoms. The van der Waals surface area contributed by atoms with Crippen molar-refractivity contribution in [3.8, 4) is 5.75 Å². The zero-order valence-electron chi connectivity index (χ0n) is 18.8. The molecule has 0 aromatic heterocycles. The Morgan fingerprint density at radius 2 is 1.76 bits per heavy atom. The number of primary amides is 1. The minimum Gasteiger partial charge on any atom is -0.565 e. The minimum absolute atomic E-state index is 0. The van der Waals surface area contributed by atoms with Crippen LogP contribution in [0.3, 0.4) is 0 Å². The molecule has 173 valence electrons. The second-order valence-electron chi connectivity index (χ2n) is 9.04. The van der Waals surface area contributed by atoms with Gasteiger partial charge in [0, 0.05) is 49.9 Å². The van der Waals surface area contributed by atoms with E-state index in [0.717, 1.165) is 0 Å². The molecule has 9 nitrogen and oxygen atoms in total. The topological polar surface area (TPSA) is 161 Å². The molecule has 1 saturated carbocycles. The third-order valence-corrected chi connectivity index (χ3v) is 7.03. The molecule has 0 spiro atoms. The van der Waals surface area contributed by atoms with Crippen LogP contribution in [-0.2, 0) is 53.5 Å². The second-order valence-corrected chi connectivity index (χ2v) is 9.04. The van der Waals surface area contributed by atoms with E-state index in [1.807, 2.05) is 0 Å². The number of aliphatic hydroxyl groups excluding tert-OH is 2.